The van der Waals surface area contributed by atoms with Crippen molar-refractivity contribution in [2.24, 2.45) is 0 Å². The van der Waals surface area contributed by atoms with Gasteiger partial charge in [-0.3, -0.25) is 4.79 Å². The zero-order chi connectivity index (χ0) is 18.9. The molecule has 0 aliphatic heterocycles. The average Bonchev–Trinajstić information content (AvgIpc) is 2.93. The van der Waals surface area contributed by atoms with E-state index in [1.807, 2.05) is 24.3 Å². The summed E-state index contributed by atoms with van der Waals surface area (Å²) in [6, 6.07) is 0.112. The number of hydrogen-bond donors (Lipinski definition) is 1. The summed E-state index contributed by atoms with van der Waals surface area (Å²) in [5.74, 6) is 1.49. The van der Waals surface area contributed by atoms with Crippen molar-refractivity contribution in [1.29, 1.82) is 0 Å². The van der Waals surface area contributed by atoms with E-state index in [1.54, 1.807) is 0 Å². The number of rotatable bonds is 12. The maximum absolute atomic E-state index is 12.0. The SMILES string of the molecule is C[Si](C)(C)SCCC(CCCCC(=O)NC1C=CC=C1)S[Si](C)(C)C. The van der Waals surface area contributed by atoms with Gasteiger partial charge in [-0.25, -0.2) is 0 Å². The summed E-state index contributed by atoms with van der Waals surface area (Å²) in [4.78, 5) is 12.0. The second-order valence-electron chi connectivity index (χ2n) is 8.71. The van der Waals surface area contributed by atoms with Gasteiger partial charge >= 0.3 is 0 Å². The highest BCUT2D eigenvalue weighted by molar-refractivity contribution is 8.29. The summed E-state index contributed by atoms with van der Waals surface area (Å²) < 4.78 is 0. The van der Waals surface area contributed by atoms with Crippen LogP contribution in [0.25, 0.3) is 0 Å². The minimum Gasteiger partial charge on any atom is -0.346 e. The smallest absolute Gasteiger partial charge is 0.220 e. The highest BCUT2D eigenvalue weighted by atomic mass is 32.4. The van der Waals surface area contributed by atoms with E-state index in [0.29, 0.717) is 6.42 Å². The Hall–Kier alpha value is 0.0838. The largest absolute Gasteiger partial charge is 0.346 e. The number of hydrogen-bond acceptors (Lipinski definition) is 3. The van der Waals surface area contributed by atoms with E-state index in [1.165, 1.54) is 25.0 Å². The normalized spacial score (nSPS) is 16.4. The van der Waals surface area contributed by atoms with Crippen LogP contribution in [-0.2, 0) is 4.79 Å². The van der Waals surface area contributed by atoms with Crippen LogP contribution in [0.5, 0.6) is 0 Å². The highest BCUT2D eigenvalue weighted by Crippen LogP contribution is 2.32. The molecular formula is C19H37NOS2Si2. The predicted molar refractivity (Wildman–Crippen MR) is 124 cm³/mol. The maximum atomic E-state index is 12.0. The molecule has 2 nitrogen and oxygen atoms in total. The summed E-state index contributed by atoms with van der Waals surface area (Å²) >= 11 is 4.47. The fraction of sp³-hybridized carbons (Fsp3) is 0.737. The van der Waals surface area contributed by atoms with Gasteiger partial charge in [0.05, 0.1) is 6.04 Å². The molecule has 1 aliphatic carbocycles. The third-order valence-electron chi connectivity index (χ3n) is 3.75. The molecule has 1 N–H and O–H groups in total. The van der Waals surface area contributed by atoms with Crippen molar-refractivity contribution in [3.8, 4) is 0 Å². The van der Waals surface area contributed by atoms with Gasteiger partial charge in [-0.05, 0) is 30.3 Å². The fourth-order valence-electron chi connectivity index (χ4n) is 2.70. The first kappa shape index (κ1) is 23.1. The predicted octanol–water partition coefficient (Wildman–Crippen LogP) is 6.05. The topological polar surface area (TPSA) is 29.1 Å². The van der Waals surface area contributed by atoms with Crippen molar-refractivity contribution < 1.29 is 4.79 Å². The van der Waals surface area contributed by atoms with E-state index < -0.39 is 14.4 Å². The molecule has 6 heteroatoms. The van der Waals surface area contributed by atoms with Gasteiger partial charge in [0.25, 0.3) is 0 Å². The van der Waals surface area contributed by atoms with Crippen LogP contribution >= 0.6 is 22.4 Å². The molecule has 0 saturated carbocycles. The van der Waals surface area contributed by atoms with Crippen molar-refractivity contribution in [1.82, 2.24) is 5.32 Å². The Balaban J connectivity index is 2.27. The first-order valence-corrected chi connectivity index (χ1v) is 19.8. The first-order chi connectivity index (χ1) is 11.6. The van der Waals surface area contributed by atoms with Crippen LogP contribution in [0.15, 0.2) is 24.3 Å². The Morgan fingerprint density at radius 3 is 2.20 bits per heavy atom. The number of carbonyl (C=O) groups is 1. The molecule has 0 radical (unpaired) electrons. The fourth-order valence-corrected chi connectivity index (χ4v) is 11.3. The van der Waals surface area contributed by atoms with E-state index in [9.17, 15) is 4.79 Å². The lowest BCUT2D eigenvalue weighted by molar-refractivity contribution is -0.121. The maximum Gasteiger partial charge on any atom is 0.220 e. The van der Waals surface area contributed by atoms with Crippen LogP contribution in [0.1, 0.15) is 32.1 Å². The van der Waals surface area contributed by atoms with Gasteiger partial charge in [-0.1, -0.05) is 70.0 Å². The molecule has 1 unspecified atom stereocenters. The van der Waals surface area contributed by atoms with Gasteiger partial charge in [-0.15, -0.1) is 0 Å². The Morgan fingerprint density at radius 2 is 1.64 bits per heavy atom. The molecule has 0 bridgehead atoms. The quantitative estimate of drug-likeness (QED) is 0.310. The van der Waals surface area contributed by atoms with Crippen molar-refractivity contribution in [2.45, 2.75) is 82.7 Å². The molecule has 1 atom stereocenters. The molecule has 25 heavy (non-hydrogen) atoms. The summed E-state index contributed by atoms with van der Waals surface area (Å²) in [6.45, 7) is 14.7. The molecule has 144 valence electrons. The van der Waals surface area contributed by atoms with Crippen molar-refractivity contribution >= 4 is 42.8 Å². The minimum atomic E-state index is -1.10. The van der Waals surface area contributed by atoms with Gasteiger partial charge < -0.3 is 5.32 Å². The van der Waals surface area contributed by atoms with Gasteiger partial charge in [0.1, 0.15) is 14.4 Å². The lowest BCUT2D eigenvalue weighted by Crippen LogP contribution is -2.30. The van der Waals surface area contributed by atoms with Crippen molar-refractivity contribution in [2.75, 3.05) is 5.75 Å². The van der Waals surface area contributed by atoms with Gasteiger partial charge in [0.2, 0.25) is 5.91 Å². The Morgan fingerprint density at radius 1 is 1.00 bits per heavy atom. The Kier molecular flexibility index (Phi) is 10.2. The van der Waals surface area contributed by atoms with E-state index >= 15 is 0 Å². The molecule has 0 saturated heterocycles. The monoisotopic (exact) mass is 415 g/mol. The van der Waals surface area contributed by atoms with Crippen LogP contribution in [0, 0.1) is 0 Å². The Bertz CT molecular complexity index is 455. The number of unbranched alkanes of at least 4 members (excludes halogenated alkanes) is 1. The van der Waals surface area contributed by atoms with Crippen molar-refractivity contribution in [3.05, 3.63) is 24.3 Å². The van der Waals surface area contributed by atoms with E-state index in [4.69, 9.17) is 0 Å². The molecule has 0 fully saturated rings. The molecular weight excluding hydrogens is 379 g/mol. The van der Waals surface area contributed by atoms with E-state index in [2.05, 4.69) is 67.0 Å². The third-order valence-corrected chi connectivity index (χ3v) is 12.9. The highest BCUT2D eigenvalue weighted by Gasteiger charge is 2.22. The van der Waals surface area contributed by atoms with Crippen LogP contribution in [0.3, 0.4) is 0 Å². The molecule has 1 rings (SSSR count). The zero-order valence-corrected chi connectivity index (χ0v) is 20.6. The average molecular weight is 416 g/mol. The molecule has 0 aromatic heterocycles. The zero-order valence-electron chi connectivity index (χ0n) is 16.9. The van der Waals surface area contributed by atoms with Crippen LogP contribution in [-0.4, -0.2) is 37.4 Å². The first-order valence-electron chi connectivity index (χ1n) is 9.51. The number of allylic oxidation sites excluding steroid dienone is 2. The standard InChI is InChI=1S/C19H37NOS2Si2/c1-24(2,3)22-16-15-18(23-25(4,5)6)13-9-10-14-19(21)20-17-11-7-8-12-17/h7-8,11-12,17-18H,9-10,13-16H2,1-6H3,(H,20,21). The molecule has 1 aliphatic rings. The van der Waals surface area contributed by atoms with Gasteiger partial charge in [0.15, 0.2) is 0 Å². The summed E-state index contributed by atoms with van der Waals surface area (Å²) in [7, 11) is -2.10. The van der Waals surface area contributed by atoms with Crippen LogP contribution in [0.4, 0.5) is 0 Å². The number of nitrogens with one attached hydrogen (secondary N) is 1. The van der Waals surface area contributed by atoms with Crippen LogP contribution in [0.2, 0.25) is 39.3 Å². The summed E-state index contributed by atoms with van der Waals surface area (Å²) in [6.07, 6.45) is 13.4. The molecule has 0 aromatic rings. The number of carbonyl (C=O) groups excluding carboxylic acids is 1. The molecule has 0 heterocycles. The minimum absolute atomic E-state index is 0.112. The van der Waals surface area contributed by atoms with Gasteiger partial charge in [-0.2, -0.15) is 22.4 Å². The lowest BCUT2D eigenvalue weighted by atomic mass is 10.1. The second kappa shape index (κ2) is 11.0. The third kappa shape index (κ3) is 13.0. The molecule has 0 aromatic carbocycles. The summed E-state index contributed by atoms with van der Waals surface area (Å²) in [5, 5.41) is 3.82. The van der Waals surface area contributed by atoms with Crippen LogP contribution < -0.4 is 5.32 Å². The molecule has 0 spiro atoms. The Labute approximate surface area is 165 Å². The van der Waals surface area contributed by atoms with Gasteiger partial charge in [0, 0.05) is 6.42 Å². The second-order valence-corrected chi connectivity index (χ2v) is 27.7. The van der Waals surface area contributed by atoms with E-state index in [-0.39, 0.29) is 11.9 Å². The molecule has 1 amide bonds. The van der Waals surface area contributed by atoms with E-state index in [0.717, 1.165) is 11.7 Å². The summed E-state index contributed by atoms with van der Waals surface area (Å²) in [5.41, 5.74) is 0. The van der Waals surface area contributed by atoms with Crippen molar-refractivity contribution in [3.63, 3.8) is 0 Å². The number of amides is 1. The lowest BCUT2D eigenvalue weighted by Gasteiger charge is -2.25.